The van der Waals surface area contributed by atoms with Crippen molar-refractivity contribution >= 4 is 15.7 Å². The van der Waals surface area contributed by atoms with E-state index in [0.717, 1.165) is 24.0 Å². The highest BCUT2D eigenvalue weighted by atomic mass is 32.2. The number of sulfonamides is 1. The highest BCUT2D eigenvalue weighted by molar-refractivity contribution is 7.92. The first-order valence-corrected chi connectivity index (χ1v) is 8.66. The monoisotopic (exact) mass is 307 g/mol. The second-order valence-corrected chi connectivity index (χ2v) is 6.48. The quantitative estimate of drug-likeness (QED) is 0.892. The van der Waals surface area contributed by atoms with Crippen molar-refractivity contribution in [2.24, 2.45) is 0 Å². The first-order valence-electron chi connectivity index (χ1n) is 7.17. The fourth-order valence-electron chi connectivity index (χ4n) is 2.22. The highest BCUT2D eigenvalue weighted by Crippen LogP contribution is 2.25. The van der Waals surface area contributed by atoms with Gasteiger partial charge >= 0.3 is 0 Å². The number of rotatable bonds is 6. The molecule has 0 spiro atoms. The van der Waals surface area contributed by atoms with Crippen LogP contribution in [-0.2, 0) is 29.4 Å². The van der Waals surface area contributed by atoms with Gasteiger partial charge in [0.2, 0.25) is 0 Å². The van der Waals surface area contributed by atoms with Gasteiger partial charge in [-0.3, -0.25) is 9.40 Å². The maximum Gasteiger partial charge on any atom is 0.265 e. The van der Waals surface area contributed by atoms with Crippen molar-refractivity contribution in [3.63, 3.8) is 0 Å². The summed E-state index contributed by atoms with van der Waals surface area (Å²) in [6.45, 7) is 6.59. The van der Waals surface area contributed by atoms with Gasteiger partial charge in [0.25, 0.3) is 10.0 Å². The van der Waals surface area contributed by atoms with Gasteiger partial charge in [-0.05, 0) is 30.9 Å². The van der Waals surface area contributed by atoms with Crippen molar-refractivity contribution in [3.05, 3.63) is 41.7 Å². The fourth-order valence-corrected chi connectivity index (χ4v) is 3.32. The average molecular weight is 307 g/mol. The molecule has 0 unspecified atom stereocenters. The van der Waals surface area contributed by atoms with Gasteiger partial charge in [0.1, 0.15) is 4.90 Å². The van der Waals surface area contributed by atoms with Crippen molar-refractivity contribution < 1.29 is 8.42 Å². The summed E-state index contributed by atoms with van der Waals surface area (Å²) in [4.78, 5) is 0.192. The summed E-state index contributed by atoms with van der Waals surface area (Å²) < 4.78 is 29.3. The van der Waals surface area contributed by atoms with Crippen LogP contribution in [0.5, 0.6) is 0 Å². The van der Waals surface area contributed by atoms with Crippen LogP contribution in [0.15, 0.2) is 35.5 Å². The third kappa shape index (κ3) is 3.26. The van der Waals surface area contributed by atoms with Crippen molar-refractivity contribution in [2.45, 2.75) is 45.1 Å². The zero-order valence-corrected chi connectivity index (χ0v) is 13.4. The molecule has 2 aromatic rings. The molecule has 1 aromatic heterocycles. The summed E-state index contributed by atoms with van der Waals surface area (Å²) >= 11 is 0. The number of nitrogens with zero attached hydrogens (tertiary/aromatic N) is 2. The van der Waals surface area contributed by atoms with Gasteiger partial charge < -0.3 is 0 Å². The summed E-state index contributed by atoms with van der Waals surface area (Å²) in [5, 5.41) is 4.03. The summed E-state index contributed by atoms with van der Waals surface area (Å²) in [5.74, 6) is 0. The van der Waals surface area contributed by atoms with Gasteiger partial charge in [0, 0.05) is 12.7 Å². The van der Waals surface area contributed by atoms with E-state index in [2.05, 4.69) is 9.82 Å². The molecule has 1 N–H and O–H groups in total. The molecule has 0 aliphatic heterocycles. The standard InChI is InChI=1S/C15H21N3O2S/c1-4-12-8-7-9-13(5-2)15(12)17-21(19,20)14-10-16-18(6-3)11-14/h7-11,17H,4-6H2,1-3H3. The Morgan fingerprint density at radius 1 is 1.14 bits per heavy atom. The van der Waals surface area contributed by atoms with Crippen molar-refractivity contribution in [1.82, 2.24) is 9.78 Å². The molecule has 1 heterocycles. The zero-order valence-electron chi connectivity index (χ0n) is 12.6. The Labute approximate surface area is 126 Å². The molecule has 114 valence electrons. The predicted molar refractivity (Wildman–Crippen MR) is 83.9 cm³/mol. The number of hydrogen-bond acceptors (Lipinski definition) is 3. The molecule has 0 atom stereocenters. The van der Waals surface area contributed by atoms with E-state index in [0.29, 0.717) is 12.2 Å². The molecule has 0 fully saturated rings. The van der Waals surface area contributed by atoms with Crippen LogP contribution in [0.1, 0.15) is 31.9 Å². The van der Waals surface area contributed by atoms with E-state index in [1.54, 1.807) is 10.9 Å². The van der Waals surface area contributed by atoms with Crippen molar-refractivity contribution in [2.75, 3.05) is 4.72 Å². The smallest absolute Gasteiger partial charge is 0.265 e. The Hall–Kier alpha value is -1.82. The number of hydrogen-bond donors (Lipinski definition) is 1. The SMILES string of the molecule is CCc1cccc(CC)c1NS(=O)(=O)c1cnn(CC)c1. The molecule has 0 aliphatic rings. The fraction of sp³-hybridized carbons (Fsp3) is 0.400. The van der Waals surface area contributed by atoms with Crippen molar-refractivity contribution in [3.8, 4) is 0 Å². The first kappa shape index (κ1) is 15.6. The molecular weight excluding hydrogens is 286 g/mol. The Morgan fingerprint density at radius 2 is 1.76 bits per heavy atom. The first-order chi connectivity index (χ1) is 10.0. The minimum Gasteiger partial charge on any atom is -0.279 e. The maximum atomic E-state index is 12.5. The van der Waals surface area contributed by atoms with E-state index in [-0.39, 0.29) is 4.90 Å². The van der Waals surface area contributed by atoms with E-state index in [4.69, 9.17) is 0 Å². The van der Waals surface area contributed by atoms with E-state index >= 15 is 0 Å². The largest absolute Gasteiger partial charge is 0.279 e. The van der Waals surface area contributed by atoms with E-state index in [1.165, 1.54) is 6.20 Å². The Balaban J connectivity index is 2.40. The number of nitrogens with one attached hydrogen (secondary N) is 1. The van der Waals surface area contributed by atoms with Crippen LogP contribution >= 0.6 is 0 Å². The molecule has 0 bridgehead atoms. The van der Waals surface area contributed by atoms with Crippen LogP contribution in [0, 0.1) is 0 Å². The van der Waals surface area contributed by atoms with Crippen LogP contribution in [0.4, 0.5) is 5.69 Å². The summed E-state index contributed by atoms with van der Waals surface area (Å²) in [6.07, 6.45) is 4.48. The van der Waals surface area contributed by atoms with Crippen LogP contribution in [0.3, 0.4) is 0 Å². The van der Waals surface area contributed by atoms with Crippen molar-refractivity contribution in [1.29, 1.82) is 0 Å². The molecule has 6 heteroatoms. The lowest BCUT2D eigenvalue weighted by Crippen LogP contribution is -2.15. The Kier molecular flexibility index (Phi) is 4.67. The van der Waals surface area contributed by atoms with Crippen LogP contribution in [0.25, 0.3) is 0 Å². The van der Waals surface area contributed by atoms with Gasteiger partial charge in [-0.2, -0.15) is 5.10 Å². The Bertz CT molecular complexity index is 698. The van der Waals surface area contributed by atoms with Crippen LogP contribution < -0.4 is 4.72 Å². The molecular formula is C15H21N3O2S. The molecule has 0 amide bonds. The minimum absolute atomic E-state index is 0.192. The summed E-state index contributed by atoms with van der Waals surface area (Å²) in [7, 11) is -3.60. The minimum atomic E-state index is -3.60. The second-order valence-electron chi connectivity index (χ2n) is 4.80. The lowest BCUT2D eigenvalue weighted by atomic mass is 10.0. The number of aryl methyl sites for hydroxylation is 3. The molecule has 21 heavy (non-hydrogen) atoms. The third-order valence-electron chi connectivity index (χ3n) is 3.48. The maximum absolute atomic E-state index is 12.5. The number of benzene rings is 1. The molecule has 5 nitrogen and oxygen atoms in total. The van der Waals surface area contributed by atoms with E-state index in [1.807, 2.05) is 39.0 Å². The third-order valence-corrected chi connectivity index (χ3v) is 4.78. The number of para-hydroxylation sites is 1. The molecule has 2 rings (SSSR count). The molecule has 0 radical (unpaired) electrons. The topological polar surface area (TPSA) is 64.0 Å². The van der Waals surface area contributed by atoms with Gasteiger partial charge in [0.05, 0.1) is 11.9 Å². The van der Waals surface area contributed by atoms with Crippen LogP contribution in [-0.4, -0.2) is 18.2 Å². The lowest BCUT2D eigenvalue weighted by molar-refractivity contribution is 0.600. The van der Waals surface area contributed by atoms with Gasteiger partial charge in [-0.1, -0.05) is 32.0 Å². The number of anilines is 1. The zero-order chi connectivity index (χ0) is 15.5. The molecule has 0 saturated heterocycles. The molecule has 1 aromatic carbocycles. The lowest BCUT2D eigenvalue weighted by Gasteiger charge is -2.14. The van der Waals surface area contributed by atoms with E-state index in [9.17, 15) is 8.42 Å². The highest BCUT2D eigenvalue weighted by Gasteiger charge is 2.19. The molecule has 0 aliphatic carbocycles. The van der Waals surface area contributed by atoms with Gasteiger partial charge in [-0.15, -0.1) is 0 Å². The van der Waals surface area contributed by atoms with E-state index < -0.39 is 10.0 Å². The van der Waals surface area contributed by atoms with Gasteiger partial charge in [0.15, 0.2) is 0 Å². The van der Waals surface area contributed by atoms with Gasteiger partial charge in [-0.25, -0.2) is 8.42 Å². The Morgan fingerprint density at radius 3 is 2.24 bits per heavy atom. The number of aromatic nitrogens is 2. The predicted octanol–water partition coefficient (Wildman–Crippen LogP) is 2.83. The molecule has 0 saturated carbocycles. The average Bonchev–Trinajstić information content (AvgIpc) is 2.97. The normalized spacial score (nSPS) is 11.6. The second kappa shape index (κ2) is 6.30. The summed E-state index contributed by atoms with van der Waals surface area (Å²) in [6, 6.07) is 5.86. The summed E-state index contributed by atoms with van der Waals surface area (Å²) in [5.41, 5.74) is 2.70. The van der Waals surface area contributed by atoms with Crippen LogP contribution in [0.2, 0.25) is 0 Å².